The molecule has 1 nitrogen and oxygen atoms in total. The van der Waals surface area contributed by atoms with Crippen molar-refractivity contribution >= 4 is 45.9 Å². The van der Waals surface area contributed by atoms with Gasteiger partial charge in [0.25, 0.3) is 8.24 Å². The molecule has 0 atom stereocenters. The molecule has 6 aromatic rings. The Morgan fingerprint density at radius 2 is 0.778 bits per heavy atom. The first kappa shape index (κ1) is 22.1. The molecule has 0 saturated carbocycles. The van der Waals surface area contributed by atoms with Crippen LogP contribution in [0.25, 0.3) is 10.8 Å². The highest BCUT2D eigenvalue weighted by Crippen LogP contribution is 2.36. The van der Waals surface area contributed by atoms with Gasteiger partial charge < -0.3 is 4.57 Å². The summed E-state index contributed by atoms with van der Waals surface area (Å²) in [6, 6.07) is 59.6. The van der Waals surface area contributed by atoms with E-state index in [0.717, 1.165) is 0 Å². The van der Waals surface area contributed by atoms with Gasteiger partial charge >= 0.3 is 0 Å². The average Bonchev–Trinajstić information content (AvgIpc) is 2.97. The van der Waals surface area contributed by atoms with Gasteiger partial charge in [-0.1, -0.05) is 146 Å². The quantitative estimate of drug-likeness (QED) is 0.192. The highest BCUT2D eigenvalue weighted by Gasteiger charge is 2.47. The van der Waals surface area contributed by atoms with E-state index in [1.807, 2.05) is 0 Å². The van der Waals surface area contributed by atoms with E-state index in [9.17, 15) is 0 Å². The van der Waals surface area contributed by atoms with E-state index in [-0.39, 0.29) is 0 Å². The van der Waals surface area contributed by atoms with E-state index in [0.29, 0.717) is 0 Å². The summed E-state index contributed by atoms with van der Waals surface area (Å²) in [6.07, 6.45) is 0. The first-order valence-electron chi connectivity index (χ1n) is 12.4. The highest BCUT2D eigenvalue weighted by atomic mass is 28.3. The maximum atomic E-state index is 2.66. The van der Waals surface area contributed by atoms with E-state index < -0.39 is 8.24 Å². The van der Waals surface area contributed by atoms with E-state index in [1.165, 1.54) is 37.7 Å². The zero-order valence-electron chi connectivity index (χ0n) is 20.0. The van der Waals surface area contributed by atoms with Crippen LogP contribution in [0.1, 0.15) is 0 Å². The molecule has 2 heteroatoms. The Morgan fingerprint density at radius 3 is 1.31 bits per heavy atom. The lowest BCUT2D eigenvalue weighted by atomic mass is 10.1. The average molecular weight is 478 g/mol. The van der Waals surface area contributed by atoms with Crippen LogP contribution in [0, 0.1) is 0 Å². The number of hydrogen-bond donors (Lipinski definition) is 0. The van der Waals surface area contributed by atoms with Crippen LogP contribution in [0.2, 0.25) is 0 Å². The third kappa shape index (κ3) is 3.73. The number of benzene rings is 6. The van der Waals surface area contributed by atoms with Gasteiger partial charge in [0.2, 0.25) is 0 Å². The predicted octanol–water partition coefficient (Wildman–Crippen LogP) is 6.65. The second kappa shape index (κ2) is 9.69. The Balaban J connectivity index is 1.81. The first-order valence-corrected chi connectivity index (χ1v) is 14.3. The number of nitrogens with zero attached hydrogens (tertiary/aromatic N) is 1. The van der Waals surface area contributed by atoms with E-state index in [1.54, 1.807) is 0 Å². The summed E-state index contributed by atoms with van der Waals surface area (Å²) >= 11 is 0. The molecule has 0 heterocycles. The minimum absolute atomic E-state index is 1.19. The van der Waals surface area contributed by atoms with Gasteiger partial charge in [0.15, 0.2) is 0 Å². The predicted molar refractivity (Wildman–Crippen MR) is 157 cm³/mol. The Hall–Kier alpha value is -4.40. The molecular formula is C34H27NSi. The number of para-hydroxylation sites is 1. The Kier molecular flexibility index (Phi) is 5.94. The van der Waals surface area contributed by atoms with Crippen molar-refractivity contribution in [2.75, 3.05) is 4.57 Å². The summed E-state index contributed by atoms with van der Waals surface area (Å²) in [5.41, 5.74) is 2.42. The van der Waals surface area contributed by atoms with Gasteiger partial charge in [-0.25, -0.2) is 0 Å². The van der Waals surface area contributed by atoms with Crippen molar-refractivity contribution in [1.82, 2.24) is 0 Å². The van der Waals surface area contributed by atoms with Crippen LogP contribution in [-0.4, -0.2) is 8.24 Å². The monoisotopic (exact) mass is 477 g/mol. The molecule has 0 aliphatic heterocycles. The molecule has 6 rings (SSSR count). The third-order valence-electron chi connectivity index (χ3n) is 6.93. The molecule has 0 unspecified atom stereocenters. The van der Waals surface area contributed by atoms with Crippen molar-refractivity contribution in [3.8, 4) is 0 Å². The van der Waals surface area contributed by atoms with Crippen molar-refractivity contribution in [3.63, 3.8) is 0 Å². The molecule has 0 amide bonds. The number of anilines is 2. The van der Waals surface area contributed by atoms with Crippen LogP contribution < -0.4 is 20.1 Å². The maximum absolute atomic E-state index is 2.82. The van der Waals surface area contributed by atoms with Crippen LogP contribution in [-0.2, 0) is 0 Å². The molecule has 0 saturated heterocycles. The zero-order chi connectivity index (χ0) is 24.2. The van der Waals surface area contributed by atoms with Gasteiger partial charge in [-0.2, -0.15) is 0 Å². The van der Waals surface area contributed by atoms with Gasteiger partial charge in [-0.15, -0.1) is 0 Å². The molecule has 0 N–H and O–H groups in total. The number of rotatable bonds is 6. The lowest BCUT2D eigenvalue weighted by Crippen LogP contribution is -2.76. The molecule has 0 aliphatic carbocycles. The van der Waals surface area contributed by atoms with Gasteiger partial charge in [-0.3, -0.25) is 0 Å². The van der Waals surface area contributed by atoms with Gasteiger partial charge in [0.05, 0.1) is 0 Å². The number of hydrogen-bond acceptors (Lipinski definition) is 1. The second-order valence-electron chi connectivity index (χ2n) is 8.98. The van der Waals surface area contributed by atoms with E-state index >= 15 is 0 Å². The standard InChI is InChI=1S/C34H27NSi/c1-5-18-29(19-6-1)35(34-27-15-17-28-16-13-14-26-33(28)34)36(30-20-7-2-8-21-30,31-22-9-3-10-23-31)32-24-11-4-12-25-32/h1-27H. The molecule has 0 aliphatic rings. The normalized spacial score (nSPS) is 11.3. The fraction of sp³-hybridized carbons (Fsp3) is 0. The van der Waals surface area contributed by atoms with Crippen molar-refractivity contribution in [2.24, 2.45) is 0 Å². The Morgan fingerprint density at radius 1 is 0.361 bits per heavy atom. The molecule has 0 aromatic heterocycles. The highest BCUT2D eigenvalue weighted by molar-refractivity contribution is 7.14. The SMILES string of the molecule is c1ccc(N(c2cccc3ccccc23)[Si](c2ccccc2)(c2ccccc2)c2ccccc2)cc1. The molecule has 0 bridgehead atoms. The molecule has 6 aromatic carbocycles. The molecule has 0 fully saturated rings. The molecular weight excluding hydrogens is 450 g/mol. The summed E-state index contributed by atoms with van der Waals surface area (Å²) in [6.45, 7) is 0. The van der Waals surface area contributed by atoms with Crippen LogP contribution in [0.4, 0.5) is 11.4 Å². The largest absolute Gasteiger partial charge is 0.356 e. The van der Waals surface area contributed by atoms with Gasteiger partial charge in [0, 0.05) is 16.8 Å². The van der Waals surface area contributed by atoms with Crippen molar-refractivity contribution < 1.29 is 0 Å². The molecule has 0 spiro atoms. The van der Waals surface area contributed by atoms with Crippen molar-refractivity contribution in [3.05, 3.63) is 164 Å². The topological polar surface area (TPSA) is 3.24 Å². The Labute approximate surface area is 214 Å². The van der Waals surface area contributed by atoms with E-state index in [2.05, 4.69) is 168 Å². The van der Waals surface area contributed by atoms with Crippen LogP contribution >= 0.6 is 0 Å². The first-order chi connectivity index (χ1) is 17.9. The Bertz CT molecular complexity index is 1460. The molecule has 172 valence electrons. The summed E-state index contributed by atoms with van der Waals surface area (Å²) in [7, 11) is -2.82. The number of fused-ring (bicyclic) bond motifs is 1. The lowest BCUT2D eigenvalue weighted by molar-refractivity contribution is 1.37. The smallest absolute Gasteiger partial charge is 0.257 e. The van der Waals surface area contributed by atoms with Crippen LogP contribution in [0.15, 0.2) is 164 Å². The summed E-state index contributed by atoms with van der Waals surface area (Å²) in [4.78, 5) is 0. The molecule has 0 radical (unpaired) electrons. The zero-order valence-corrected chi connectivity index (χ0v) is 21.0. The van der Waals surface area contributed by atoms with Crippen LogP contribution in [0.3, 0.4) is 0 Å². The van der Waals surface area contributed by atoms with Crippen molar-refractivity contribution in [1.29, 1.82) is 0 Å². The second-order valence-corrected chi connectivity index (χ2v) is 12.6. The third-order valence-corrected chi connectivity index (χ3v) is 11.6. The van der Waals surface area contributed by atoms with Crippen LogP contribution in [0.5, 0.6) is 0 Å². The summed E-state index contributed by atoms with van der Waals surface area (Å²) in [5.74, 6) is 0. The minimum Gasteiger partial charge on any atom is -0.356 e. The summed E-state index contributed by atoms with van der Waals surface area (Å²) < 4.78 is 2.66. The molecule has 36 heavy (non-hydrogen) atoms. The summed E-state index contributed by atoms with van der Waals surface area (Å²) in [5, 5.41) is 6.54. The van der Waals surface area contributed by atoms with Gasteiger partial charge in [-0.05, 0) is 39.1 Å². The lowest BCUT2D eigenvalue weighted by Gasteiger charge is -2.45. The van der Waals surface area contributed by atoms with Crippen molar-refractivity contribution in [2.45, 2.75) is 0 Å². The van der Waals surface area contributed by atoms with Gasteiger partial charge in [0.1, 0.15) is 0 Å². The maximum Gasteiger partial charge on any atom is 0.257 e. The fourth-order valence-corrected chi connectivity index (χ4v) is 10.3. The fourth-order valence-electron chi connectivity index (χ4n) is 5.42. The minimum atomic E-state index is -2.82. The van der Waals surface area contributed by atoms with E-state index in [4.69, 9.17) is 0 Å².